The highest BCUT2D eigenvalue weighted by atomic mass is 32.2. The highest BCUT2D eigenvalue weighted by molar-refractivity contribution is 8.00. The molecule has 1 amide bonds. The summed E-state index contributed by atoms with van der Waals surface area (Å²) in [4.78, 5) is 30.8. The average Bonchev–Trinajstić information content (AvgIpc) is 3.09. The van der Waals surface area contributed by atoms with Gasteiger partial charge in [0.2, 0.25) is 5.91 Å². The molecule has 0 saturated heterocycles. The van der Waals surface area contributed by atoms with Crippen molar-refractivity contribution in [2.75, 3.05) is 11.1 Å². The van der Waals surface area contributed by atoms with Gasteiger partial charge >= 0.3 is 0 Å². The fraction of sp³-hybridized carbons (Fsp3) is 0.190. The zero-order valence-electron chi connectivity index (χ0n) is 15.6. The highest BCUT2D eigenvalue weighted by Crippen LogP contribution is 2.34. The second-order valence-corrected chi connectivity index (χ2v) is 9.01. The van der Waals surface area contributed by atoms with E-state index in [-0.39, 0.29) is 28.3 Å². The molecule has 1 N–H and O–H groups in total. The third-order valence-corrected chi connectivity index (χ3v) is 6.51. The predicted octanol–water partition coefficient (Wildman–Crippen LogP) is 4.14. The van der Waals surface area contributed by atoms with E-state index in [1.54, 1.807) is 12.1 Å². The molecule has 1 atom stereocenters. The Bertz CT molecular complexity index is 1100. The van der Waals surface area contributed by atoms with Crippen molar-refractivity contribution in [1.29, 1.82) is 0 Å². The number of amides is 1. The van der Waals surface area contributed by atoms with Crippen LogP contribution < -0.4 is 10.9 Å². The maximum absolute atomic E-state index is 13.4. The summed E-state index contributed by atoms with van der Waals surface area (Å²) in [7, 11) is 0. The molecule has 5 nitrogen and oxygen atoms in total. The maximum Gasteiger partial charge on any atom is 0.272 e. The normalized spacial score (nSPS) is 15.2. The van der Waals surface area contributed by atoms with Crippen LogP contribution >= 0.6 is 23.5 Å². The number of rotatable bonds is 5. The standard InChI is InChI=1S/C21H18FN3O2S2/c1-13-11-17-19(29-13)20(27)25(16-9-7-14(22)8-10-16)21(24-17)28-12-18(26)23-15-5-3-2-4-6-15/h2-10,13H,11-12H2,1H3,(H,23,26). The first-order valence-corrected chi connectivity index (χ1v) is 10.9. The van der Waals surface area contributed by atoms with E-state index < -0.39 is 0 Å². The average molecular weight is 428 g/mol. The summed E-state index contributed by atoms with van der Waals surface area (Å²) in [6, 6.07) is 14.9. The number of nitrogens with zero attached hydrogens (tertiary/aromatic N) is 2. The summed E-state index contributed by atoms with van der Waals surface area (Å²) in [6.07, 6.45) is 0.712. The summed E-state index contributed by atoms with van der Waals surface area (Å²) in [5, 5.41) is 3.52. The molecule has 0 spiro atoms. The lowest BCUT2D eigenvalue weighted by Gasteiger charge is -2.13. The smallest absolute Gasteiger partial charge is 0.272 e. The molecule has 148 valence electrons. The lowest BCUT2D eigenvalue weighted by molar-refractivity contribution is -0.113. The number of carbonyl (C=O) groups excluding carboxylic acids is 1. The zero-order chi connectivity index (χ0) is 20.4. The van der Waals surface area contributed by atoms with Crippen molar-refractivity contribution in [3.05, 3.63) is 76.5 Å². The third-order valence-electron chi connectivity index (χ3n) is 4.36. The third kappa shape index (κ3) is 4.38. The molecule has 2 aromatic carbocycles. The monoisotopic (exact) mass is 427 g/mol. The van der Waals surface area contributed by atoms with Crippen LogP contribution in [0.4, 0.5) is 10.1 Å². The molecule has 4 rings (SSSR count). The second-order valence-electron chi connectivity index (χ2n) is 6.62. The zero-order valence-corrected chi connectivity index (χ0v) is 17.2. The summed E-state index contributed by atoms with van der Waals surface area (Å²) in [5.74, 6) is -0.469. The first-order chi connectivity index (χ1) is 14.0. The van der Waals surface area contributed by atoms with E-state index in [2.05, 4.69) is 10.3 Å². The van der Waals surface area contributed by atoms with Gasteiger partial charge in [0.25, 0.3) is 5.56 Å². The summed E-state index contributed by atoms with van der Waals surface area (Å²) in [6.45, 7) is 2.05. The van der Waals surface area contributed by atoms with Gasteiger partial charge in [-0.2, -0.15) is 0 Å². The largest absolute Gasteiger partial charge is 0.325 e. The molecule has 29 heavy (non-hydrogen) atoms. The number of thioether (sulfide) groups is 2. The van der Waals surface area contributed by atoms with Gasteiger partial charge in [0, 0.05) is 17.4 Å². The number of halogens is 1. The van der Waals surface area contributed by atoms with Crippen LogP contribution in [-0.2, 0) is 11.2 Å². The molecule has 8 heteroatoms. The Balaban J connectivity index is 1.64. The van der Waals surface area contributed by atoms with E-state index in [9.17, 15) is 14.0 Å². The van der Waals surface area contributed by atoms with Gasteiger partial charge in [-0.3, -0.25) is 14.2 Å². The Morgan fingerprint density at radius 1 is 1.24 bits per heavy atom. The molecule has 1 aromatic heterocycles. The number of carbonyl (C=O) groups is 1. The number of para-hydroxylation sites is 1. The van der Waals surface area contributed by atoms with Crippen LogP contribution in [0.5, 0.6) is 0 Å². The lowest BCUT2D eigenvalue weighted by atomic mass is 10.2. The van der Waals surface area contributed by atoms with E-state index in [1.807, 2.05) is 37.3 Å². The first kappa shape index (κ1) is 19.7. The Kier molecular flexibility index (Phi) is 5.73. The van der Waals surface area contributed by atoms with E-state index in [0.29, 0.717) is 27.8 Å². The van der Waals surface area contributed by atoms with Crippen LogP contribution in [0.15, 0.2) is 69.4 Å². The fourth-order valence-electron chi connectivity index (χ4n) is 3.06. The Morgan fingerprint density at radius 2 is 1.97 bits per heavy atom. The van der Waals surface area contributed by atoms with E-state index in [1.165, 1.54) is 40.2 Å². The highest BCUT2D eigenvalue weighted by Gasteiger charge is 2.27. The van der Waals surface area contributed by atoms with Crippen molar-refractivity contribution in [2.45, 2.75) is 28.6 Å². The molecule has 1 unspecified atom stereocenters. The van der Waals surface area contributed by atoms with Crippen molar-refractivity contribution < 1.29 is 9.18 Å². The molecule has 0 radical (unpaired) electrons. The van der Waals surface area contributed by atoms with Gasteiger partial charge in [0.05, 0.1) is 22.0 Å². The number of benzene rings is 2. The summed E-state index contributed by atoms with van der Waals surface area (Å²) < 4.78 is 14.8. The van der Waals surface area contributed by atoms with Crippen molar-refractivity contribution in [3.63, 3.8) is 0 Å². The minimum Gasteiger partial charge on any atom is -0.325 e. The quantitative estimate of drug-likeness (QED) is 0.490. The molecular formula is C21H18FN3O2S2. The molecular weight excluding hydrogens is 409 g/mol. The van der Waals surface area contributed by atoms with Crippen LogP contribution in [0.3, 0.4) is 0 Å². The molecule has 1 aliphatic rings. The van der Waals surface area contributed by atoms with Crippen molar-refractivity contribution in [1.82, 2.24) is 9.55 Å². The van der Waals surface area contributed by atoms with Crippen LogP contribution in [0.1, 0.15) is 12.6 Å². The number of nitrogens with one attached hydrogen (secondary N) is 1. The van der Waals surface area contributed by atoms with Crippen LogP contribution in [0.2, 0.25) is 0 Å². The lowest BCUT2D eigenvalue weighted by Crippen LogP contribution is -2.24. The Hall–Kier alpha value is -2.58. The van der Waals surface area contributed by atoms with Gasteiger partial charge in [-0.05, 0) is 36.4 Å². The number of hydrogen-bond donors (Lipinski definition) is 1. The minimum atomic E-state index is -0.379. The van der Waals surface area contributed by atoms with Crippen LogP contribution in [0, 0.1) is 5.82 Å². The number of fused-ring (bicyclic) bond motifs is 1. The molecule has 3 aromatic rings. The van der Waals surface area contributed by atoms with Gasteiger partial charge in [-0.15, -0.1) is 11.8 Å². The molecule has 0 bridgehead atoms. The summed E-state index contributed by atoms with van der Waals surface area (Å²) >= 11 is 2.70. The van der Waals surface area contributed by atoms with E-state index in [0.717, 1.165) is 5.69 Å². The molecule has 1 aliphatic heterocycles. The van der Waals surface area contributed by atoms with Crippen molar-refractivity contribution in [3.8, 4) is 5.69 Å². The number of aromatic nitrogens is 2. The van der Waals surface area contributed by atoms with Gasteiger partial charge in [-0.1, -0.05) is 36.9 Å². The number of hydrogen-bond acceptors (Lipinski definition) is 5. The topological polar surface area (TPSA) is 64.0 Å². The SMILES string of the molecule is CC1Cc2nc(SCC(=O)Nc3ccccc3)n(-c3ccc(F)cc3)c(=O)c2S1. The minimum absolute atomic E-state index is 0.101. The Morgan fingerprint density at radius 3 is 2.69 bits per heavy atom. The molecule has 0 fully saturated rings. The van der Waals surface area contributed by atoms with Gasteiger partial charge in [0.1, 0.15) is 5.82 Å². The second kappa shape index (κ2) is 8.42. The van der Waals surface area contributed by atoms with Crippen LogP contribution in [-0.4, -0.2) is 26.5 Å². The van der Waals surface area contributed by atoms with Gasteiger partial charge in [0.15, 0.2) is 5.16 Å². The van der Waals surface area contributed by atoms with E-state index >= 15 is 0 Å². The van der Waals surface area contributed by atoms with Crippen LogP contribution in [0.25, 0.3) is 5.69 Å². The maximum atomic E-state index is 13.4. The predicted molar refractivity (Wildman–Crippen MR) is 115 cm³/mol. The van der Waals surface area contributed by atoms with Gasteiger partial charge < -0.3 is 5.32 Å². The number of anilines is 1. The molecule has 2 heterocycles. The van der Waals surface area contributed by atoms with Crippen molar-refractivity contribution in [2.24, 2.45) is 0 Å². The Labute approximate surface area is 175 Å². The first-order valence-electron chi connectivity index (χ1n) is 9.07. The molecule has 0 saturated carbocycles. The summed E-state index contributed by atoms with van der Waals surface area (Å²) in [5.41, 5.74) is 1.82. The molecule has 0 aliphatic carbocycles. The van der Waals surface area contributed by atoms with E-state index in [4.69, 9.17) is 0 Å². The van der Waals surface area contributed by atoms with Crippen molar-refractivity contribution >= 4 is 35.1 Å². The fourth-order valence-corrected chi connectivity index (χ4v) is 4.99. The van der Waals surface area contributed by atoms with Gasteiger partial charge in [-0.25, -0.2) is 9.37 Å².